The van der Waals surface area contributed by atoms with Crippen molar-refractivity contribution < 1.29 is 9.18 Å². The number of rotatable bonds is 3. The van der Waals surface area contributed by atoms with Crippen molar-refractivity contribution in [1.29, 1.82) is 0 Å². The molecule has 19 heavy (non-hydrogen) atoms. The fourth-order valence-electron chi connectivity index (χ4n) is 1.55. The standard InChI is InChI=1S/C14H12ClFN2O/c15-13-11(16)7-4-8-12(13)18-14(19)17-9-10-5-2-1-3-6-10/h1-8H,9H2,(H2,17,18,19). The van der Waals surface area contributed by atoms with E-state index in [1.54, 1.807) is 0 Å². The molecular formula is C14H12ClFN2O. The Labute approximate surface area is 115 Å². The van der Waals surface area contributed by atoms with Gasteiger partial charge in [-0.1, -0.05) is 48.0 Å². The molecule has 0 atom stereocenters. The smallest absolute Gasteiger partial charge is 0.319 e. The summed E-state index contributed by atoms with van der Waals surface area (Å²) in [7, 11) is 0. The van der Waals surface area contributed by atoms with Crippen molar-refractivity contribution in [1.82, 2.24) is 5.32 Å². The van der Waals surface area contributed by atoms with Crippen molar-refractivity contribution in [2.75, 3.05) is 5.32 Å². The van der Waals surface area contributed by atoms with Crippen molar-refractivity contribution in [3.05, 3.63) is 64.9 Å². The van der Waals surface area contributed by atoms with Gasteiger partial charge in [0.1, 0.15) is 5.82 Å². The molecule has 0 spiro atoms. The predicted octanol–water partition coefficient (Wildman–Crippen LogP) is 3.80. The fourth-order valence-corrected chi connectivity index (χ4v) is 1.72. The zero-order valence-corrected chi connectivity index (χ0v) is 10.7. The maximum Gasteiger partial charge on any atom is 0.319 e. The van der Waals surface area contributed by atoms with Crippen LogP contribution in [0.5, 0.6) is 0 Å². The second kappa shape index (κ2) is 6.20. The Balaban J connectivity index is 1.93. The molecule has 2 rings (SSSR count). The lowest BCUT2D eigenvalue weighted by atomic mass is 10.2. The van der Waals surface area contributed by atoms with Crippen molar-refractivity contribution >= 4 is 23.3 Å². The minimum absolute atomic E-state index is 0.0997. The monoisotopic (exact) mass is 278 g/mol. The maximum absolute atomic E-state index is 13.2. The summed E-state index contributed by atoms with van der Waals surface area (Å²) in [6.07, 6.45) is 0. The van der Waals surface area contributed by atoms with Crippen LogP contribution in [-0.4, -0.2) is 6.03 Å². The van der Waals surface area contributed by atoms with Crippen LogP contribution in [0.2, 0.25) is 5.02 Å². The Bertz CT molecular complexity index is 575. The van der Waals surface area contributed by atoms with E-state index in [4.69, 9.17) is 11.6 Å². The summed E-state index contributed by atoms with van der Waals surface area (Å²) in [5.74, 6) is -0.567. The van der Waals surface area contributed by atoms with E-state index in [1.807, 2.05) is 30.3 Å². The lowest BCUT2D eigenvalue weighted by molar-refractivity contribution is 0.251. The molecule has 0 unspecified atom stereocenters. The number of carbonyl (C=O) groups is 1. The number of hydrogen-bond acceptors (Lipinski definition) is 1. The van der Waals surface area contributed by atoms with Gasteiger partial charge in [0.2, 0.25) is 0 Å². The number of carbonyl (C=O) groups excluding carboxylic acids is 1. The molecule has 98 valence electrons. The van der Waals surface area contributed by atoms with Gasteiger partial charge in [0.15, 0.2) is 0 Å². The summed E-state index contributed by atoms with van der Waals surface area (Å²) in [6.45, 7) is 0.389. The topological polar surface area (TPSA) is 41.1 Å². The second-order valence-electron chi connectivity index (χ2n) is 3.89. The molecular weight excluding hydrogens is 267 g/mol. The predicted molar refractivity (Wildman–Crippen MR) is 73.7 cm³/mol. The van der Waals surface area contributed by atoms with Crippen LogP contribution in [0.4, 0.5) is 14.9 Å². The Morgan fingerprint density at radius 3 is 2.58 bits per heavy atom. The van der Waals surface area contributed by atoms with Crippen LogP contribution in [0, 0.1) is 5.82 Å². The second-order valence-corrected chi connectivity index (χ2v) is 4.27. The molecule has 5 heteroatoms. The number of nitrogens with one attached hydrogen (secondary N) is 2. The van der Waals surface area contributed by atoms with E-state index in [-0.39, 0.29) is 10.7 Å². The number of halogens is 2. The SMILES string of the molecule is O=C(NCc1ccccc1)Nc1cccc(F)c1Cl. The molecule has 0 aliphatic carbocycles. The molecule has 2 amide bonds. The Morgan fingerprint density at radius 2 is 1.84 bits per heavy atom. The third-order valence-corrected chi connectivity index (χ3v) is 2.88. The molecule has 0 aliphatic rings. The molecule has 2 N–H and O–H groups in total. The van der Waals surface area contributed by atoms with Gasteiger partial charge in [-0.05, 0) is 17.7 Å². The normalized spacial score (nSPS) is 10.0. The highest BCUT2D eigenvalue weighted by molar-refractivity contribution is 6.33. The Morgan fingerprint density at radius 1 is 1.11 bits per heavy atom. The third kappa shape index (κ3) is 3.69. The van der Waals surface area contributed by atoms with Crippen molar-refractivity contribution in [3.8, 4) is 0 Å². The molecule has 0 radical (unpaired) electrons. The zero-order valence-electron chi connectivity index (χ0n) is 9.99. The van der Waals surface area contributed by atoms with E-state index in [9.17, 15) is 9.18 Å². The molecule has 2 aromatic carbocycles. The zero-order chi connectivity index (χ0) is 13.7. The van der Waals surface area contributed by atoms with E-state index >= 15 is 0 Å². The average Bonchev–Trinajstić information content (AvgIpc) is 2.43. The highest BCUT2D eigenvalue weighted by Crippen LogP contribution is 2.24. The number of anilines is 1. The first kappa shape index (κ1) is 13.4. The first-order valence-corrected chi connectivity index (χ1v) is 6.07. The van der Waals surface area contributed by atoms with E-state index in [2.05, 4.69) is 10.6 Å². The van der Waals surface area contributed by atoms with Crippen LogP contribution >= 0.6 is 11.6 Å². The van der Waals surface area contributed by atoms with Gasteiger partial charge >= 0.3 is 6.03 Å². The molecule has 0 heterocycles. The Kier molecular flexibility index (Phi) is 4.36. The van der Waals surface area contributed by atoms with Gasteiger partial charge in [-0.2, -0.15) is 0 Å². The van der Waals surface area contributed by atoms with Crippen LogP contribution in [-0.2, 0) is 6.54 Å². The molecule has 0 aliphatic heterocycles. The highest BCUT2D eigenvalue weighted by Gasteiger charge is 2.08. The van der Waals surface area contributed by atoms with Gasteiger partial charge in [0.25, 0.3) is 0 Å². The van der Waals surface area contributed by atoms with E-state index in [1.165, 1.54) is 18.2 Å². The number of amides is 2. The molecule has 0 saturated carbocycles. The fraction of sp³-hybridized carbons (Fsp3) is 0.0714. The molecule has 0 fully saturated rings. The van der Waals surface area contributed by atoms with Crippen molar-refractivity contribution in [3.63, 3.8) is 0 Å². The maximum atomic E-state index is 13.2. The number of benzene rings is 2. The van der Waals surface area contributed by atoms with Gasteiger partial charge < -0.3 is 10.6 Å². The summed E-state index contributed by atoms with van der Waals surface area (Å²) < 4.78 is 13.2. The van der Waals surface area contributed by atoms with Gasteiger partial charge in [0.05, 0.1) is 10.7 Å². The van der Waals surface area contributed by atoms with E-state index in [0.717, 1.165) is 5.56 Å². The third-order valence-electron chi connectivity index (χ3n) is 2.50. The number of hydrogen-bond donors (Lipinski definition) is 2. The van der Waals surface area contributed by atoms with E-state index < -0.39 is 11.8 Å². The highest BCUT2D eigenvalue weighted by atomic mass is 35.5. The summed E-state index contributed by atoms with van der Waals surface area (Å²) in [6, 6.07) is 13.3. The molecule has 3 nitrogen and oxygen atoms in total. The summed E-state index contributed by atoms with van der Waals surface area (Å²) in [5, 5.41) is 5.06. The lowest BCUT2D eigenvalue weighted by Crippen LogP contribution is -2.28. The van der Waals surface area contributed by atoms with Crippen LogP contribution in [0.3, 0.4) is 0 Å². The Hall–Kier alpha value is -2.07. The minimum atomic E-state index is -0.567. The molecule has 0 saturated heterocycles. The minimum Gasteiger partial charge on any atom is -0.334 e. The quantitative estimate of drug-likeness (QED) is 0.881. The largest absolute Gasteiger partial charge is 0.334 e. The molecule has 0 aromatic heterocycles. The average molecular weight is 279 g/mol. The van der Waals surface area contributed by atoms with Crippen molar-refractivity contribution in [2.24, 2.45) is 0 Å². The first-order chi connectivity index (χ1) is 9.16. The molecule has 0 bridgehead atoms. The van der Waals surface area contributed by atoms with Gasteiger partial charge in [-0.15, -0.1) is 0 Å². The van der Waals surface area contributed by atoms with Crippen LogP contribution in [0.25, 0.3) is 0 Å². The summed E-state index contributed by atoms with van der Waals surface area (Å²) in [4.78, 5) is 11.6. The number of urea groups is 1. The van der Waals surface area contributed by atoms with Crippen LogP contribution in [0.15, 0.2) is 48.5 Å². The van der Waals surface area contributed by atoms with E-state index in [0.29, 0.717) is 6.54 Å². The van der Waals surface area contributed by atoms with Crippen LogP contribution < -0.4 is 10.6 Å². The summed E-state index contributed by atoms with van der Waals surface area (Å²) in [5.41, 5.74) is 1.22. The van der Waals surface area contributed by atoms with Crippen molar-refractivity contribution in [2.45, 2.75) is 6.54 Å². The van der Waals surface area contributed by atoms with Crippen LogP contribution in [0.1, 0.15) is 5.56 Å². The van der Waals surface area contributed by atoms with Gasteiger partial charge in [-0.3, -0.25) is 0 Å². The van der Waals surface area contributed by atoms with Gasteiger partial charge in [0, 0.05) is 6.54 Å². The van der Waals surface area contributed by atoms with Gasteiger partial charge in [-0.25, -0.2) is 9.18 Å². The lowest BCUT2D eigenvalue weighted by Gasteiger charge is -2.09. The first-order valence-electron chi connectivity index (χ1n) is 5.69. The molecule has 2 aromatic rings. The summed E-state index contributed by atoms with van der Waals surface area (Å²) >= 11 is 5.74.